The van der Waals surface area contributed by atoms with E-state index in [4.69, 9.17) is 5.11 Å². The Hall–Kier alpha value is -0.960. The molecule has 0 aromatic heterocycles. The summed E-state index contributed by atoms with van der Waals surface area (Å²) in [6.07, 6.45) is 3.89. The molecule has 0 amide bonds. The highest BCUT2D eigenvalue weighted by Gasteiger charge is 2.10. The van der Waals surface area contributed by atoms with Crippen molar-refractivity contribution in [1.29, 1.82) is 0 Å². The van der Waals surface area contributed by atoms with Crippen LogP contribution in [0.3, 0.4) is 0 Å². The molecular weight excluding hydrogens is 208 g/mol. The molecule has 1 aliphatic rings. The molecule has 1 aromatic rings. The number of fused-ring (bicyclic) bond motifs is 1. The van der Waals surface area contributed by atoms with Crippen LogP contribution in [-0.2, 0) is 17.6 Å². The fourth-order valence-corrected chi connectivity index (χ4v) is 2.80. The van der Waals surface area contributed by atoms with Gasteiger partial charge in [-0.1, -0.05) is 6.07 Å². The Kier molecular flexibility index (Phi) is 3.31. The fraction of sp³-hybridized carbons (Fsp3) is 0.417. The Bertz CT molecular complexity index is 374. The first-order chi connectivity index (χ1) is 7.25. The van der Waals surface area contributed by atoms with Crippen LogP contribution in [0.5, 0.6) is 0 Å². The molecular formula is C12H14O2S. The average molecular weight is 222 g/mol. The smallest absolute Gasteiger partial charge is 0.304 e. The zero-order valence-electron chi connectivity index (χ0n) is 8.53. The Labute approximate surface area is 93.7 Å². The van der Waals surface area contributed by atoms with Crippen LogP contribution in [0.25, 0.3) is 0 Å². The number of aryl methyl sites for hydroxylation is 2. The van der Waals surface area contributed by atoms with E-state index in [-0.39, 0.29) is 6.42 Å². The van der Waals surface area contributed by atoms with Crippen molar-refractivity contribution in [1.82, 2.24) is 0 Å². The van der Waals surface area contributed by atoms with Crippen molar-refractivity contribution in [2.75, 3.05) is 5.75 Å². The van der Waals surface area contributed by atoms with E-state index >= 15 is 0 Å². The molecule has 0 spiro atoms. The van der Waals surface area contributed by atoms with Gasteiger partial charge >= 0.3 is 5.97 Å². The molecule has 0 fully saturated rings. The molecule has 0 saturated carbocycles. The molecule has 1 aromatic carbocycles. The second kappa shape index (κ2) is 4.71. The summed E-state index contributed by atoms with van der Waals surface area (Å²) in [5.74, 6) is -0.0580. The normalized spacial score (nSPS) is 13.9. The van der Waals surface area contributed by atoms with Crippen molar-refractivity contribution in [3.63, 3.8) is 0 Å². The summed E-state index contributed by atoms with van der Waals surface area (Å²) in [7, 11) is 0. The number of hydrogen-bond acceptors (Lipinski definition) is 2. The zero-order valence-corrected chi connectivity index (χ0v) is 9.35. The molecule has 0 saturated heterocycles. The van der Waals surface area contributed by atoms with E-state index in [0.717, 1.165) is 0 Å². The third-order valence-corrected chi connectivity index (χ3v) is 3.65. The quantitative estimate of drug-likeness (QED) is 0.796. The number of rotatable bonds is 4. The number of carboxylic acids is 1. The maximum atomic E-state index is 10.4. The first kappa shape index (κ1) is 10.6. The predicted molar refractivity (Wildman–Crippen MR) is 61.4 cm³/mol. The second-order valence-corrected chi connectivity index (χ2v) is 4.94. The molecule has 1 aliphatic carbocycles. The van der Waals surface area contributed by atoms with Gasteiger partial charge in [-0.25, -0.2) is 0 Å². The van der Waals surface area contributed by atoms with Crippen LogP contribution in [0.1, 0.15) is 24.0 Å². The summed E-state index contributed by atoms with van der Waals surface area (Å²) in [5.41, 5.74) is 2.92. The van der Waals surface area contributed by atoms with E-state index < -0.39 is 5.97 Å². The minimum absolute atomic E-state index is 0.238. The molecule has 2 nitrogen and oxygen atoms in total. The number of carbonyl (C=O) groups is 1. The first-order valence-corrected chi connectivity index (χ1v) is 6.20. The van der Waals surface area contributed by atoms with E-state index in [1.807, 2.05) is 0 Å². The first-order valence-electron chi connectivity index (χ1n) is 5.22. The minimum atomic E-state index is -0.719. The zero-order chi connectivity index (χ0) is 10.7. The Morgan fingerprint density at radius 2 is 2.13 bits per heavy atom. The van der Waals surface area contributed by atoms with Crippen molar-refractivity contribution < 1.29 is 9.90 Å². The van der Waals surface area contributed by atoms with Gasteiger partial charge in [0.25, 0.3) is 0 Å². The maximum absolute atomic E-state index is 10.4. The van der Waals surface area contributed by atoms with Crippen LogP contribution < -0.4 is 0 Å². The second-order valence-electron chi connectivity index (χ2n) is 3.78. The standard InChI is InChI=1S/C12H14O2S/c13-12(14)6-7-15-11-5-4-9-2-1-3-10(9)8-11/h4-5,8H,1-3,6-7H2,(H,13,14). The molecule has 3 heteroatoms. The summed E-state index contributed by atoms with van der Waals surface area (Å²) < 4.78 is 0. The van der Waals surface area contributed by atoms with Crippen LogP contribution in [0, 0.1) is 0 Å². The lowest BCUT2D eigenvalue weighted by Crippen LogP contribution is -1.95. The highest BCUT2D eigenvalue weighted by atomic mass is 32.2. The Morgan fingerprint density at radius 3 is 2.93 bits per heavy atom. The van der Waals surface area contributed by atoms with Gasteiger partial charge in [-0.05, 0) is 42.5 Å². The third-order valence-electron chi connectivity index (χ3n) is 2.65. The van der Waals surface area contributed by atoms with E-state index in [0.29, 0.717) is 5.75 Å². The minimum Gasteiger partial charge on any atom is -0.481 e. The lowest BCUT2D eigenvalue weighted by Gasteiger charge is -2.03. The van der Waals surface area contributed by atoms with Crippen molar-refractivity contribution in [2.45, 2.75) is 30.6 Å². The number of aliphatic carboxylic acids is 1. The van der Waals surface area contributed by atoms with Crippen LogP contribution in [0.4, 0.5) is 0 Å². The van der Waals surface area contributed by atoms with Gasteiger partial charge in [0.2, 0.25) is 0 Å². The molecule has 2 rings (SSSR count). The summed E-state index contributed by atoms with van der Waals surface area (Å²) in [5, 5.41) is 8.53. The van der Waals surface area contributed by atoms with Crippen LogP contribution >= 0.6 is 11.8 Å². The Morgan fingerprint density at radius 1 is 1.33 bits per heavy atom. The molecule has 0 aliphatic heterocycles. The van der Waals surface area contributed by atoms with Crippen molar-refractivity contribution in [2.24, 2.45) is 0 Å². The SMILES string of the molecule is O=C(O)CCSc1ccc2c(c1)CCC2. The number of hydrogen-bond donors (Lipinski definition) is 1. The number of thioether (sulfide) groups is 1. The molecule has 1 N–H and O–H groups in total. The van der Waals surface area contributed by atoms with Gasteiger partial charge < -0.3 is 5.11 Å². The average Bonchev–Trinajstić information content (AvgIpc) is 2.64. The molecule has 15 heavy (non-hydrogen) atoms. The summed E-state index contributed by atoms with van der Waals surface area (Å²) in [6.45, 7) is 0. The lowest BCUT2D eigenvalue weighted by molar-refractivity contribution is -0.136. The molecule has 0 bridgehead atoms. The predicted octanol–water partition coefficient (Wildman–Crippen LogP) is 2.74. The molecule has 0 unspecified atom stereocenters. The van der Waals surface area contributed by atoms with Crippen molar-refractivity contribution in [3.05, 3.63) is 29.3 Å². The van der Waals surface area contributed by atoms with Crippen LogP contribution in [-0.4, -0.2) is 16.8 Å². The lowest BCUT2D eigenvalue weighted by atomic mass is 10.1. The van der Waals surface area contributed by atoms with Gasteiger partial charge in [-0.15, -0.1) is 11.8 Å². The van der Waals surface area contributed by atoms with Gasteiger partial charge in [0.1, 0.15) is 0 Å². The Balaban J connectivity index is 1.95. The largest absolute Gasteiger partial charge is 0.481 e. The van der Waals surface area contributed by atoms with Crippen LogP contribution in [0.15, 0.2) is 23.1 Å². The van der Waals surface area contributed by atoms with E-state index in [1.165, 1.54) is 35.3 Å². The summed E-state index contributed by atoms with van der Waals surface area (Å²) in [6, 6.07) is 6.51. The van der Waals surface area contributed by atoms with Gasteiger partial charge in [0.05, 0.1) is 6.42 Å². The third kappa shape index (κ3) is 2.75. The molecule has 80 valence electrons. The van der Waals surface area contributed by atoms with Gasteiger partial charge in [0, 0.05) is 10.6 Å². The summed E-state index contributed by atoms with van der Waals surface area (Å²) >= 11 is 1.63. The number of carboxylic acid groups (broad SMARTS) is 1. The highest BCUT2D eigenvalue weighted by Crippen LogP contribution is 2.27. The molecule has 0 radical (unpaired) electrons. The van der Waals surface area contributed by atoms with Crippen molar-refractivity contribution >= 4 is 17.7 Å². The highest BCUT2D eigenvalue weighted by molar-refractivity contribution is 7.99. The maximum Gasteiger partial charge on any atom is 0.304 e. The van der Waals surface area contributed by atoms with Crippen molar-refractivity contribution in [3.8, 4) is 0 Å². The van der Waals surface area contributed by atoms with E-state index in [9.17, 15) is 4.79 Å². The summed E-state index contributed by atoms with van der Waals surface area (Å²) in [4.78, 5) is 11.6. The van der Waals surface area contributed by atoms with Gasteiger partial charge in [-0.2, -0.15) is 0 Å². The fourth-order valence-electron chi connectivity index (χ4n) is 1.89. The van der Waals surface area contributed by atoms with Crippen LogP contribution in [0.2, 0.25) is 0 Å². The molecule has 0 atom stereocenters. The van der Waals surface area contributed by atoms with Gasteiger partial charge in [0.15, 0.2) is 0 Å². The topological polar surface area (TPSA) is 37.3 Å². The molecule has 0 heterocycles. The van der Waals surface area contributed by atoms with E-state index in [1.54, 1.807) is 11.8 Å². The van der Waals surface area contributed by atoms with Gasteiger partial charge in [-0.3, -0.25) is 4.79 Å². The van der Waals surface area contributed by atoms with E-state index in [2.05, 4.69) is 18.2 Å². The number of benzene rings is 1. The monoisotopic (exact) mass is 222 g/mol.